The van der Waals surface area contributed by atoms with E-state index in [4.69, 9.17) is 0 Å². The van der Waals surface area contributed by atoms with Gasteiger partial charge in [0.25, 0.3) is 0 Å². The van der Waals surface area contributed by atoms with E-state index in [2.05, 4.69) is 53.2 Å². The van der Waals surface area contributed by atoms with E-state index in [1.807, 2.05) is 71.0 Å². The average Bonchev–Trinajstić information content (AvgIpc) is 3.97. The lowest BCUT2D eigenvalue weighted by atomic mass is 10.0. The van der Waals surface area contributed by atoms with Crippen molar-refractivity contribution in [2.24, 2.45) is 11.8 Å². The highest BCUT2D eigenvalue weighted by atomic mass is 33.1. The summed E-state index contributed by atoms with van der Waals surface area (Å²) in [5.74, 6) is -6.34. The normalized spacial score (nSPS) is 22.7. The maximum atomic E-state index is 14.6. The number of nitrogens with zero attached hydrogens (tertiary/aromatic N) is 2. The highest BCUT2D eigenvalue weighted by Crippen LogP contribution is 2.25. The van der Waals surface area contributed by atoms with Crippen LogP contribution in [0.15, 0.2) is 48.5 Å². The van der Waals surface area contributed by atoms with Crippen molar-refractivity contribution in [2.75, 3.05) is 71.4 Å². The van der Waals surface area contributed by atoms with Gasteiger partial charge in [0.05, 0.1) is 13.1 Å². The summed E-state index contributed by atoms with van der Waals surface area (Å²) in [6.07, 6.45) is 0.458. The van der Waals surface area contributed by atoms with Gasteiger partial charge >= 0.3 is 0 Å². The summed E-state index contributed by atoms with van der Waals surface area (Å²) in [5.41, 5.74) is 3.22. The molecule has 8 atom stereocenters. The molecule has 0 bridgehead atoms. The molecular formula is C57H88N12O10S2. The summed E-state index contributed by atoms with van der Waals surface area (Å²) in [6.45, 7) is 16.5. The van der Waals surface area contributed by atoms with Crippen LogP contribution >= 0.6 is 21.6 Å². The van der Waals surface area contributed by atoms with E-state index < -0.39 is 114 Å². The zero-order valence-corrected chi connectivity index (χ0v) is 50.4. The standard InChI is InChI=1S/C57H88N12O10S2/c1-34(2)26-45(62-49(72)31-68(24-21-58-9)25-22-59-10)57(79)69-23-11-12-47(69)55(77)66-46-33-81-80-32-38(7)61-56(78)50(35(3)4)67-48(71)30-60-51(73)43(28-40-17-13-36(5)14-18-40)64-53(75)44(29-41-19-15-37(6)16-20-41)65-52(74)42(27-39(8)70)63-54(46)76/h13-20,34-35,38,42-47,50,58-59H,11-12,21-33H2,1-10H3,(H,60,73)(H,61,78)(H,62,72)(H,63,76)(H,64,75)(H,65,74)(H,66,77)(H,67,71)/t38-,42+,43+,44+,45+,46+,47+,50+/m1/s1. The first-order valence-electron chi connectivity index (χ1n) is 28.0. The van der Waals surface area contributed by atoms with E-state index in [1.165, 1.54) is 33.4 Å². The summed E-state index contributed by atoms with van der Waals surface area (Å²) in [5, 5.41) is 28.4. The number of amides is 9. The number of carbonyl (C=O) groups is 10. The molecule has 0 aliphatic carbocycles. The molecule has 2 saturated heterocycles. The highest BCUT2D eigenvalue weighted by molar-refractivity contribution is 8.76. The molecule has 0 spiro atoms. The number of rotatable bonds is 21. The summed E-state index contributed by atoms with van der Waals surface area (Å²) in [7, 11) is 6.14. The number of Topliss-reactive ketones (excluding diaryl/α,β-unsaturated/α-hetero) is 1. The minimum absolute atomic E-state index is 0.000225. The molecule has 2 fully saturated rings. The van der Waals surface area contributed by atoms with Crippen LogP contribution in [0.4, 0.5) is 0 Å². The van der Waals surface area contributed by atoms with Gasteiger partial charge < -0.3 is 58.1 Å². The molecule has 0 saturated carbocycles. The molecule has 0 aromatic heterocycles. The molecule has 2 aliphatic heterocycles. The van der Waals surface area contributed by atoms with E-state index in [-0.39, 0.29) is 55.8 Å². The molecule has 2 aliphatic rings. The Morgan fingerprint density at radius 1 is 0.704 bits per heavy atom. The van der Waals surface area contributed by atoms with Crippen LogP contribution < -0.4 is 53.2 Å². The van der Waals surface area contributed by atoms with Crippen molar-refractivity contribution in [3.8, 4) is 0 Å². The lowest BCUT2D eigenvalue weighted by Crippen LogP contribution is -2.60. The number of aryl methyl sites for hydroxylation is 2. The molecule has 10 N–H and O–H groups in total. The molecule has 448 valence electrons. The zero-order chi connectivity index (χ0) is 59.8. The number of hydrogen-bond acceptors (Lipinski definition) is 15. The minimum atomic E-state index is -1.55. The van der Waals surface area contributed by atoms with Gasteiger partial charge in [0, 0.05) is 69.5 Å². The molecule has 0 unspecified atom stereocenters. The van der Waals surface area contributed by atoms with Crippen LogP contribution in [0.3, 0.4) is 0 Å². The van der Waals surface area contributed by atoms with Crippen LogP contribution in [-0.4, -0.2) is 188 Å². The van der Waals surface area contributed by atoms with Gasteiger partial charge in [-0.1, -0.05) is 109 Å². The quantitative estimate of drug-likeness (QED) is 0.0759. The van der Waals surface area contributed by atoms with Gasteiger partial charge in [0.15, 0.2) is 0 Å². The van der Waals surface area contributed by atoms with E-state index in [1.54, 1.807) is 45.0 Å². The zero-order valence-electron chi connectivity index (χ0n) is 48.8. The van der Waals surface area contributed by atoms with Gasteiger partial charge in [-0.3, -0.25) is 52.8 Å². The Labute approximate surface area is 485 Å². The largest absolute Gasteiger partial charge is 0.351 e. The Morgan fingerprint density at radius 3 is 1.79 bits per heavy atom. The Bertz CT molecular complexity index is 2440. The predicted molar refractivity (Wildman–Crippen MR) is 316 cm³/mol. The molecular weight excluding hydrogens is 1080 g/mol. The number of ketones is 1. The number of likely N-dealkylation sites (tertiary alicyclic amines) is 1. The smallest absolute Gasteiger partial charge is 0.245 e. The van der Waals surface area contributed by atoms with Crippen LogP contribution in [0.5, 0.6) is 0 Å². The van der Waals surface area contributed by atoms with E-state index in [0.717, 1.165) is 11.1 Å². The fourth-order valence-electron chi connectivity index (χ4n) is 9.24. The van der Waals surface area contributed by atoms with Crippen LogP contribution in [0.1, 0.15) is 89.5 Å². The fraction of sp³-hybridized carbons (Fsp3) is 0.614. The maximum Gasteiger partial charge on any atom is 0.245 e. The van der Waals surface area contributed by atoms with Crippen molar-refractivity contribution in [1.82, 2.24) is 63.0 Å². The number of hydrogen-bond donors (Lipinski definition) is 10. The second kappa shape index (κ2) is 34.4. The van der Waals surface area contributed by atoms with Crippen molar-refractivity contribution in [1.29, 1.82) is 0 Å². The highest BCUT2D eigenvalue weighted by Gasteiger charge is 2.40. The third-order valence-electron chi connectivity index (χ3n) is 13.8. The van der Waals surface area contributed by atoms with Gasteiger partial charge in [-0.15, -0.1) is 0 Å². The first-order valence-corrected chi connectivity index (χ1v) is 30.5. The third-order valence-corrected chi connectivity index (χ3v) is 16.3. The first-order chi connectivity index (χ1) is 38.5. The number of carbonyl (C=O) groups excluding carboxylic acids is 10. The molecule has 22 nitrogen and oxygen atoms in total. The van der Waals surface area contributed by atoms with Gasteiger partial charge in [-0.2, -0.15) is 0 Å². The Hall–Kier alpha value is -6.08. The Balaban J connectivity index is 1.70. The van der Waals surface area contributed by atoms with E-state index in [9.17, 15) is 47.9 Å². The summed E-state index contributed by atoms with van der Waals surface area (Å²) < 4.78 is 0. The molecule has 9 amide bonds. The van der Waals surface area contributed by atoms with Crippen LogP contribution in [0.2, 0.25) is 0 Å². The fourth-order valence-corrected chi connectivity index (χ4v) is 11.7. The topological polar surface area (TPSA) is 297 Å². The SMILES string of the molecule is CNCCN(CCNC)CC(=O)N[C@@H](CC(C)C)C(=O)N1CCC[C@H]1C(=O)N[C@H]1CSSC[C@@H](C)NC(=O)[C@H](C(C)C)NC(=O)CNC(=O)[C@H](Cc2ccc(C)cc2)NC(=O)[C@H](Cc2ccc(C)cc2)NC(=O)[C@H](CC(C)=O)NC1=O. The second-order valence-electron chi connectivity index (χ2n) is 21.9. The molecule has 4 rings (SSSR count). The lowest BCUT2D eigenvalue weighted by Gasteiger charge is -2.31. The average molecular weight is 1170 g/mol. The maximum absolute atomic E-state index is 14.6. The van der Waals surface area contributed by atoms with Gasteiger partial charge in [0.1, 0.15) is 48.1 Å². The minimum Gasteiger partial charge on any atom is -0.351 e. The monoisotopic (exact) mass is 1160 g/mol. The van der Waals surface area contributed by atoms with Crippen molar-refractivity contribution in [3.63, 3.8) is 0 Å². The molecule has 24 heteroatoms. The molecule has 2 aromatic rings. The van der Waals surface area contributed by atoms with Crippen LogP contribution in [0, 0.1) is 25.7 Å². The second-order valence-corrected chi connectivity index (χ2v) is 24.5. The summed E-state index contributed by atoms with van der Waals surface area (Å²) in [6, 6.07) is 5.60. The van der Waals surface area contributed by atoms with Crippen molar-refractivity contribution in [2.45, 2.75) is 142 Å². The van der Waals surface area contributed by atoms with Gasteiger partial charge in [-0.25, -0.2) is 0 Å². The van der Waals surface area contributed by atoms with E-state index in [0.29, 0.717) is 55.9 Å². The number of benzene rings is 2. The number of nitrogens with one attached hydrogen (secondary N) is 10. The number of likely N-dealkylation sites (N-methyl/N-ethyl adjacent to an activating group) is 2. The van der Waals surface area contributed by atoms with Gasteiger partial charge in [0.2, 0.25) is 53.2 Å². The molecule has 0 radical (unpaired) electrons. The van der Waals surface area contributed by atoms with Crippen LogP contribution in [-0.2, 0) is 60.8 Å². The third kappa shape index (κ3) is 23.4. The summed E-state index contributed by atoms with van der Waals surface area (Å²) >= 11 is 0. The van der Waals surface area contributed by atoms with E-state index >= 15 is 0 Å². The van der Waals surface area contributed by atoms with Crippen molar-refractivity contribution < 1.29 is 47.9 Å². The van der Waals surface area contributed by atoms with Crippen molar-refractivity contribution in [3.05, 3.63) is 70.8 Å². The molecule has 81 heavy (non-hydrogen) atoms. The van der Waals surface area contributed by atoms with Gasteiger partial charge in [-0.05, 0) is 84.0 Å². The predicted octanol–water partition coefficient (Wildman–Crippen LogP) is 0.426. The van der Waals surface area contributed by atoms with Crippen LogP contribution in [0.25, 0.3) is 0 Å². The molecule has 2 heterocycles. The molecule has 2 aromatic carbocycles. The first kappa shape index (κ1) is 67.4. The van der Waals surface area contributed by atoms with Crippen molar-refractivity contribution >= 4 is 80.5 Å². The Morgan fingerprint density at radius 2 is 1.25 bits per heavy atom. The lowest BCUT2D eigenvalue weighted by molar-refractivity contribution is -0.142. The Kier molecular flexibility index (Phi) is 28.6. The summed E-state index contributed by atoms with van der Waals surface area (Å²) in [4.78, 5) is 144.